The van der Waals surface area contributed by atoms with Crippen LogP contribution < -0.4 is 15.4 Å². The molecular formula is C15H21ClN2O2. The van der Waals surface area contributed by atoms with Crippen molar-refractivity contribution in [3.8, 4) is 5.75 Å². The number of nitrogens with one attached hydrogen (secondary N) is 2. The molecule has 0 aliphatic rings. The molecule has 1 amide bonds. The highest BCUT2D eigenvalue weighted by Crippen LogP contribution is 2.28. The standard InChI is InChI=1S/C15H21ClN2O2/c1-9(2)20-14-7-6-12(8-13(14)16)10(3)18-11(4)15(19)17-5/h6-9,11,18H,3H2,1-2,4-5H3,(H,17,19). The predicted molar refractivity (Wildman–Crippen MR) is 82.9 cm³/mol. The minimum absolute atomic E-state index is 0.0629. The quantitative estimate of drug-likeness (QED) is 0.849. The Bertz CT molecular complexity index is 501. The van der Waals surface area contributed by atoms with Crippen LogP contribution in [0.1, 0.15) is 26.3 Å². The molecule has 1 atom stereocenters. The number of hydrogen-bond donors (Lipinski definition) is 2. The fraction of sp³-hybridized carbons (Fsp3) is 0.400. The van der Waals surface area contributed by atoms with E-state index in [1.807, 2.05) is 19.9 Å². The van der Waals surface area contributed by atoms with E-state index in [2.05, 4.69) is 17.2 Å². The molecule has 0 aliphatic carbocycles. The number of carbonyl (C=O) groups is 1. The third-order valence-electron chi connectivity index (χ3n) is 2.67. The van der Waals surface area contributed by atoms with Gasteiger partial charge in [-0.1, -0.05) is 18.2 Å². The monoisotopic (exact) mass is 296 g/mol. The second-order valence-corrected chi connectivity index (χ2v) is 5.18. The summed E-state index contributed by atoms with van der Waals surface area (Å²) in [6.07, 6.45) is 0.0629. The molecule has 5 heteroatoms. The van der Waals surface area contributed by atoms with E-state index in [4.69, 9.17) is 16.3 Å². The number of ether oxygens (including phenoxy) is 1. The van der Waals surface area contributed by atoms with E-state index in [0.29, 0.717) is 16.5 Å². The van der Waals surface area contributed by atoms with Crippen molar-refractivity contribution >= 4 is 23.2 Å². The zero-order valence-electron chi connectivity index (χ0n) is 12.3. The summed E-state index contributed by atoms with van der Waals surface area (Å²) in [4.78, 5) is 11.5. The minimum atomic E-state index is -0.363. The van der Waals surface area contributed by atoms with Gasteiger partial charge in [0.2, 0.25) is 5.91 Å². The molecule has 4 nitrogen and oxygen atoms in total. The third-order valence-corrected chi connectivity index (χ3v) is 2.97. The molecule has 0 aromatic heterocycles. The summed E-state index contributed by atoms with van der Waals surface area (Å²) in [7, 11) is 1.60. The van der Waals surface area contributed by atoms with Crippen molar-refractivity contribution in [2.45, 2.75) is 32.9 Å². The average Bonchev–Trinajstić information content (AvgIpc) is 2.39. The Kier molecular flexibility index (Phi) is 5.89. The van der Waals surface area contributed by atoms with Gasteiger partial charge < -0.3 is 15.4 Å². The molecule has 1 rings (SSSR count). The SMILES string of the molecule is C=C(NC(C)C(=O)NC)c1ccc(OC(C)C)c(Cl)c1. The summed E-state index contributed by atoms with van der Waals surface area (Å²) >= 11 is 6.17. The van der Waals surface area contributed by atoms with Crippen LogP contribution in [0.4, 0.5) is 0 Å². The number of likely N-dealkylation sites (N-methyl/N-ethyl adjacent to an activating group) is 1. The van der Waals surface area contributed by atoms with Gasteiger partial charge in [0.1, 0.15) is 11.8 Å². The van der Waals surface area contributed by atoms with E-state index in [1.54, 1.807) is 26.1 Å². The van der Waals surface area contributed by atoms with Gasteiger partial charge >= 0.3 is 0 Å². The first-order valence-electron chi connectivity index (χ1n) is 6.48. The molecule has 1 aromatic carbocycles. The zero-order valence-corrected chi connectivity index (χ0v) is 13.0. The summed E-state index contributed by atoms with van der Waals surface area (Å²) in [6.45, 7) is 9.57. The summed E-state index contributed by atoms with van der Waals surface area (Å²) in [5, 5.41) is 6.12. The highest BCUT2D eigenvalue weighted by atomic mass is 35.5. The smallest absolute Gasteiger partial charge is 0.241 e. The maximum Gasteiger partial charge on any atom is 0.241 e. The van der Waals surface area contributed by atoms with Crippen molar-refractivity contribution in [2.75, 3.05) is 7.05 Å². The molecule has 0 saturated heterocycles. The summed E-state index contributed by atoms with van der Waals surface area (Å²) in [5.41, 5.74) is 1.46. The van der Waals surface area contributed by atoms with Gasteiger partial charge in [-0.15, -0.1) is 0 Å². The molecule has 0 heterocycles. The number of carbonyl (C=O) groups excluding carboxylic acids is 1. The first kappa shape index (κ1) is 16.4. The second kappa shape index (κ2) is 7.20. The van der Waals surface area contributed by atoms with Crippen LogP contribution in [0.5, 0.6) is 5.75 Å². The Morgan fingerprint density at radius 2 is 2.00 bits per heavy atom. The normalized spacial score (nSPS) is 11.9. The van der Waals surface area contributed by atoms with Crippen LogP contribution in [0.2, 0.25) is 5.02 Å². The van der Waals surface area contributed by atoms with E-state index in [1.165, 1.54) is 0 Å². The van der Waals surface area contributed by atoms with Crippen molar-refractivity contribution in [2.24, 2.45) is 0 Å². The summed E-state index contributed by atoms with van der Waals surface area (Å²) in [6, 6.07) is 5.06. The Morgan fingerprint density at radius 1 is 1.35 bits per heavy atom. The number of hydrogen-bond acceptors (Lipinski definition) is 3. The highest BCUT2D eigenvalue weighted by molar-refractivity contribution is 6.32. The van der Waals surface area contributed by atoms with Crippen LogP contribution in [0, 0.1) is 0 Å². The van der Waals surface area contributed by atoms with Crippen molar-refractivity contribution in [1.29, 1.82) is 0 Å². The molecule has 0 bridgehead atoms. The Hall–Kier alpha value is -1.68. The molecule has 0 spiro atoms. The molecule has 0 fully saturated rings. The van der Waals surface area contributed by atoms with Gasteiger partial charge in [0.25, 0.3) is 0 Å². The molecule has 1 unspecified atom stereocenters. The third kappa shape index (κ3) is 4.46. The van der Waals surface area contributed by atoms with E-state index < -0.39 is 0 Å². The topological polar surface area (TPSA) is 50.4 Å². The lowest BCUT2D eigenvalue weighted by molar-refractivity contribution is -0.121. The van der Waals surface area contributed by atoms with Crippen LogP contribution in [0.3, 0.4) is 0 Å². The maximum absolute atomic E-state index is 11.5. The highest BCUT2D eigenvalue weighted by Gasteiger charge is 2.13. The lowest BCUT2D eigenvalue weighted by Crippen LogP contribution is -2.39. The fourth-order valence-corrected chi connectivity index (χ4v) is 1.89. The summed E-state index contributed by atoms with van der Waals surface area (Å²) < 4.78 is 5.57. The molecule has 1 aromatic rings. The number of halogens is 1. The first-order valence-corrected chi connectivity index (χ1v) is 6.86. The van der Waals surface area contributed by atoms with Gasteiger partial charge in [-0.2, -0.15) is 0 Å². The van der Waals surface area contributed by atoms with Crippen molar-refractivity contribution in [1.82, 2.24) is 10.6 Å². The maximum atomic E-state index is 11.5. The Morgan fingerprint density at radius 3 is 2.50 bits per heavy atom. The van der Waals surface area contributed by atoms with Crippen LogP contribution in [0.25, 0.3) is 5.70 Å². The lowest BCUT2D eigenvalue weighted by atomic mass is 10.1. The van der Waals surface area contributed by atoms with Gasteiger partial charge in [0.05, 0.1) is 11.1 Å². The summed E-state index contributed by atoms with van der Waals surface area (Å²) in [5.74, 6) is 0.537. The fourth-order valence-electron chi connectivity index (χ4n) is 1.66. The van der Waals surface area contributed by atoms with Crippen LogP contribution in [0.15, 0.2) is 24.8 Å². The first-order chi connectivity index (χ1) is 9.35. The average molecular weight is 297 g/mol. The van der Waals surface area contributed by atoms with Crippen LogP contribution in [-0.4, -0.2) is 25.1 Å². The van der Waals surface area contributed by atoms with E-state index in [9.17, 15) is 4.79 Å². The van der Waals surface area contributed by atoms with Crippen LogP contribution >= 0.6 is 11.6 Å². The molecule has 20 heavy (non-hydrogen) atoms. The minimum Gasteiger partial charge on any atom is -0.489 e. The molecule has 2 N–H and O–H groups in total. The number of rotatable bonds is 6. The molecule has 0 aliphatic heterocycles. The van der Waals surface area contributed by atoms with Gasteiger partial charge in [-0.25, -0.2) is 0 Å². The van der Waals surface area contributed by atoms with Crippen molar-refractivity contribution < 1.29 is 9.53 Å². The molecule has 0 radical (unpaired) electrons. The van der Waals surface area contributed by atoms with Gasteiger partial charge in [-0.05, 0) is 44.5 Å². The largest absolute Gasteiger partial charge is 0.489 e. The van der Waals surface area contributed by atoms with E-state index in [0.717, 1.165) is 5.56 Å². The van der Waals surface area contributed by atoms with Crippen molar-refractivity contribution in [3.63, 3.8) is 0 Å². The predicted octanol–water partition coefficient (Wildman–Crippen LogP) is 2.82. The Labute approximate surface area is 125 Å². The van der Waals surface area contributed by atoms with E-state index in [-0.39, 0.29) is 18.1 Å². The number of amides is 1. The molecular weight excluding hydrogens is 276 g/mol. The van der Waals surface area contributed by atoms with Crippen molar-refractivity contribution in [3.05, 3.63) is 35.4 Å². The number of benzene rings is 1. The van der Waals surface area contributed by atoms with Crippen LogP contribution in [-0.2, 0) is 4.79 Å². The lowest BCUT2D eigenvalue weighted by Gasteiger charge is -2.17. The van der Waals surface area contributed by atoms with E-state index >= 15 is 0 Å². The second-order valence-electron chi connectivity index (χ2n) is 4.77. The Balaban J connectivity index is 2.80. The zero-order chi connectivity index (χ0) is 15.3. The van der Waals surface area contributed by atoms with Gasteiger partial charge in [-0.3, -0.25) is 4.79 Å². The van der Waals surface area contributed by atoms with Gasteiger partial charge in [0, 0.05) is 12.7 Å². The molecule has 110 valence electrons. The van der Waals surface area contributed by atoms with Gasteiger partial charge in [0.15, 0.2) is 0 Å². The molecule has 0 saturated carbocycles.